The maximum Gasteiger partial charge on any atom is 0.416 e. The van der Waals surface area contributed by atoms with Crippen LogP contribution in [0.5, 0.6) is 5.75 Å². The number of nitrogens with one attached hydrogen (secondary N) is 1. The Bertz CT molecular complexity index is 838. The third-order valence-corrected chi connectivity index (χ3v) is 3.94. The van der Waals surface area contributed by atoms with Crippen molar-refractivity contribution in [3.05, 3.63) is 59.7 Å². The third kappa shape index (κ3) is 7.14. The summed E-state index contributed by atoms with van der Waals surface area (Å²) in [6.45, 7) is 5.29. The van der Waals surface area contributed by atoms with Crippen LogP contribution in [0.3, 0.4) is 0 Å². The summed E-state index contributed by atoms with van der Waals surface area (Å²) >= 11 is 0. The zero-order valence-corrected chi connectivity index (χ0v) is 16.3. The van der Waals surface area contributed by atoms with Gasteiger partial charge in [-0.05, 0) is 47.4 Å². The average molecular weight is 409 g/mol. The van der Waals surface area contributed by atoms with Crippen LogP contribution in [0.2, 0.25) is 0 Å². The number of esters is 1. The van der Waals surface area contributed by atoms with Crippen molar-refractivity contribution < 1.29 is 32.2 Å². The van der Waals surface area contributed by atoms with Crippen molar-refractivity contribution in [3.63, 3.8) is 0 Å². The van der Waals surface area contributed by atoms with Crippen molar-refractivity contribution in [2.45, 2.75) is 32.4 Å². The first-order valence-corrected chi connectivity index (χ1v) is 8.81. The normalized spacial score (nSPS) is 11.7. The topological polar surface area (TPSA) is 64.6 Å². The largest absolute Gasteiger partial charge is 0.482 e. The first kappa shape index (κ1) is 22.3. The highest BCUT2D eigenvalue weighted by Crippen LogP contribution is 2.29. The van der Waals surface area contributed by atoms with Crippen LogP contribution in [-0.2, 0) is 25.9 Å². The zero-order valence-electron chi connectivity index (χ0n) is 16.3. The number of amides is 1. The molecular weight excluding hydrogens is 387 g/mol. The molecule has 0 aliphatic heterocycles. The van der Waals surface area contributed by atoms with Crippen LogP contribution in [0.1, 0.15) is 31.9 Å². The van der Waals surface area contributed by atoms with E-state index in [4.69, 9.17) is 9.47 Å². The Hall–Kier alpha value is -3.03. The van der Waals surface area contributed by atoms with Crippen LogP contribution in [0.25, 0.3) is 0 Å². The quantitative estimate of drug-likeness (QED) is 0.711. The summed E-state index contributed by atoms with van der Waals surface area (Å²) in [5.74, 6) is -0.927. The van der Waals surface area contributed by atoms with E-state index in [1.165, 1.54) is 0 Å². The molecule has 0 fully saturated rings. The summed E-state index contributed by atoms with van der Waals surface area (Å²) in [5.41, 5.74) is 0.453. The molecule has 0 unspecified atom stereocenters. The fraction of sp³-hybridized carbons (Fsp3) is 0.333. The van der Waals surface area contributed by atoms with Crippen molar-refractivity contribution in [2.24, 2.45) is 0 Å². The molecule has 5 nitrogen and oxygen atoms in total. The van der Waals surface area contributed by atoms with Crippen molar-refractivity contribution in [2.75, 3.05) is 18.5 Å². The van der Waals surface area contributed by atoms with Crippen LogP contribution in [-0.4, -0.2) is 25.1 Å². The van der Waals surface area contributed by atoms with E-state index in [-0.39, 0.29) is 17.7 Å². The summed E-state index contributed by atoms with van der Waals surface area (Å²) in [5, 5.41) is 2.35. The van der Waals surface area contributed by atoms with Gasteiger partial charge in [0.25, 0.3) is 5.91 Å². The van der Waals surface area contributed by atoms with E-state index < -0.39 is 30.2 Å². The molecule has 0 aliphatic carbocycles. The number of halogens is 3. The van der Waals surface area contributed by atoms with Crippen molar-refractivity contribution in [1.82, 2.24) is 0 Å². The lowest BCUT2D eigenvalue weighted by Gasteiger charge is -2.19. The maximum atomic E-state index is 12.5. The van der Waals surface area contributed by atoms with Gasteiger partial charge < -0.3 is 14.8 Å². The number of ether oxygens (including phenoxy) is 2. The molecule has 0 atom stereocenters. The Morgan fingerprint density at radius 3 is 1.93 bits per heavy atom. The molecule has 29 heavy (non-hydrogen) atoms. The van der Waals surface area contributed by atoms with Crippen molar-refractivity contribution in [3.8, 4) is 5.75 Å². The lowest BCUT2D eigenvalue weighted by atomic mass is 9.87. The Morgan fingerprint density at radius 2 is 1.41 bits per heavy atom. The maximum absolute atomic E-state index is 12.5. The highest BCUT2D eigenvalue weighted by molar-refractivity contribution is 5.92. The number of carbonyl (C=O) groups is 2. The number of hydrogen-bond acceptors (Lipinski definition) is 4. The van der Waals surface area contributed by atoms with Crippen LogP contribution in [0.15, 0.2) is 48.5 Å². The molecule has 156 valence electrons. The van der Waals surface area contributed by atoms with Crippen LogP contribution in [0, 0.1) is 0 Å². The van der Waals surface area contributed by atoms with Gasteiger partial charge in [0.15, 0.2) is 13.2 Å². The molecule has 0 radical (unpaired) electrons. The standard InChI is InChI=1S/C21H22F3NO4/c1-20(2,3)14-6-10-17(11-7-14)28-13-19(27)29-12-18(26)25-16-8-4-15(5-9-16)21(22,23)24/h4-11H,12-13H2,1-3H3,(H,25,26). The van der Waals surface area contributed by atoms with E-state index in [0.717, 1.165) is 29.8 Å². The Kier molecular flexibility index (Phi) is 6.89. The van der Waals surface area contributed by atoms with E-state index in [1.807, 2.05) is 12.1 Å². The smallest absolute Gasteiger partial charge is 0.416 e. The van der Waals surface area contributed by atoms with E-state index >= 15 is 0 Å². The summed E-state index contributed by atoms with van der Waals surface area (Å²) in [6, 6.07) is 11.2. The number of carbonyl (C=O) groups excluding carboxylic acids is 2. The summed E-state index contributed by atoms with van der Waals surface area (Å²) in [7, 11) is 0. The predicted octanol–water partition coefficient (Wildman–Crippen LogP) is 4.56. The summed E-state index contributed by atoms with van der Waals surface area (Å²) < 4.78 is 47.6. The second kappa shape index (κ2) is 8.98. The number of benzene rings is 2. The molecular formula is C21H22F3NO4. The van der Waals surface area contributed by atoms with Gasteiger partial charge in [-0.25, -0.2) is 4.79 Å². The van der Waals surface area contributed by atoms with Gasteiger partial charge >= 0.3 is 12.1 Å². The van der Waals surface area contributed by atoms with Gasteiger partial charge in [-0.15, -0.1) is 0 Å². The predicted molar refractivity (Wildman–Crippen MR) is 102 cm³/mol. The highest BCUT2D eigenvalue weighted by Gasteiger charge is 2.30. The van der Waals surface area contributed by atoms with Gasteiger partial charge in [-0.3, -0.25) is 4.79 Å². The van der Waals surface area contributed by atoms with Crippen molar-refractivity contribution >= 4 is 17.6 Å². The molecule has 1 N–H and O–H groups in total. The highest BCUT2D eigenvalue weighted by atomic mass is 19.4. The monoisotopic (exact) mass is 409 g/mol. The molecule has 8 heteroatoms. The van der Waals surface area contributed by atoms with E-state index in [0.29, 0.717) is 5.75 Å². The average Bonchev–Trinajstić information content (AvgIpc) is 2.64. The third-order valence-electron chi connectivity index (χ3n) is 3.94. The van der Waals surface area contributed by atoms with E-state index in [9.17, 15) is 22.8 Å². The van der Waals surface area contributed by atoms with Gasteiger partial charge in [0.05, 0.1) is 5.56 Å². The van der Waals surface area contributed by atoms with Gasteiger partial charge in [-0.2, -0.15) is 13.2 Å². The second-order valence-electron chi connectivity index (χ2n) is 7.35. The molecule has 2 aromatic carbocycles. The van der Waals surface area contributed by atoms with Gasteiger partial charge in [0.2, 0.25) is 0 Å². The first-order chi connectivity index (χ1) is 13.4. The minimum atomic E-state index is -4.45. The number of hydrogen-bond donors (Lipinski definition) is 1. The SMILES string of the molecule is CC(C)(C)c1ccc(OCC(=O)OCC(=O)Nc2ccc(C(F)(F)F)cc2)cc1. The molecule has 0 saturated heterocycles. The van der Waals surface area contributed by atoms with Gasteiger partial charge in [-0.1, -0.05) is 32.9 Å². The molecule has 0 heterocycles. The number of anilines is 1. The lowest BCUT2D eigenvalue weighted by Crippen LogP contribution is -2.23. The van der Waals surface area contributed by atoms with E-state index in [1.54, 1.807) is 12.1 Å². The summed E-state index contributed by atoms with van der Waals surface area (Å²) in [6.07, 6.45) is -4.45. The molecule has 0 bridgehead atoms. The number of alkyl halides is 3. The van der Waals surface area contributed by atoms with E-state index in [2.05, 4.69) is 26.1 Å². The molecule has 0 saturated carbocycles. The summed E-state index contributed by atoms with van der Waals surface area (Å²) in [4.78, 5) is 23.5. The fourth-order valence-corrected chi connectivity index (χ4v) is 2.32. The molecule has 0 spiro atoms. The zero-order chi connectivity index (χ0) is 21.7. The number of rotatable bonds is 6. The van der Waals surface area contributed by atoms with Gasteiger partial charge in [0, 0.05) is 5.69 Å². The molecule has 0 aliphatic rings. The minimum Gasteiger partial charge on any atom is -0.482 e. The van der Waals surface area contributed by atoms with Crippen LogP contribution < -0.4 is 10.1 Å². The molecule has 1 amide bonds. The second-order valence-corrected chi connectivity index (χ2v) is 7.35. The van der Waals surface area contributed by atoms with Crippen LogP contribution in [0.4, 0.5) is 18.9 Å². The van der Waals surface area contributed by atoms with Crippen LogP contribution >= 0.6 is 0 Å². The molecule has 2 rings (SSSR count). The minimum absolute atomic E-state index is 0.00210. The Labute approximate surface area is 166 Å². The molecule has 0 aromatic heterocycles. The molecule has 2 aromatic rings. The fourth-order valence-electron chi connectivity index (χ4n) is 2.32. The Morgan fingerprint density at radius 1 is 0.862 bits per heavy atom. The lowest BCUT2D eigenvalue weighted by molar-refractivity contribution is -0.149. The Balaban J connectivity index is 1.75. The van der Waals surface area contributed by atoms with Crippen molar-refractivity contribution in [1.29, 1.82) is 0 Å². The van der Waals surface area contributed by atoms with Gasteiger partial charge in [0.1, 0.15) is 5.75 Å². The first-order valence-electron chi connectivity index (χ1n) is 8.81.